The molecule has 0 spiro atoms. The monoisotopic (exact) mass is 310 g/mol. The zero-order valence-corrected chi connectivity index (χ0v) is 13.9. The van der Waals surface area contributed by atoms with Gasteiger partial charge in [-0.05, 0) is 45.6 Å². The Morgan fingerprint density at radius 3 is 2.60 bits per heavy atom. The first-order valence-electron chi connectivity index (χ1n) is 7.08. The van der Waals surface area contributed by atoms with Crippen LogP contribution in [0.25, 0.3) is 0 Å². The molecular weight excluding hydrogens is 288 g/mol. The lowest BCUT2D eigenvalue weighted by atomic mass is 9.97. The summed E-state index contributed by atoms with van der Waals surface area (Å²) in [6, 6.07) is 4.24. The Balaban J connectivity index is 2.18. The average molecular weight is 310 g/mol. The molecule has 0 saturated heterocycles. The third kappa shape index (κ3) is 3.76. The van der Waals surface area contributed by atoms with Crippen molar-refractivity contribution in [3.8, 4) is 6.07 Å². The summed E-state index contributed by atoms with van der Waals surface area (Å²) in [6.45, 7) is 5.95. The van der Waals surface area contributed by atoms with Crippen LogP contribution in [-0.4, -0.2) is 9.30 Å². The van der Waals surface area contributed by atoms with E-state index in [1.807, 2.05) is 32.2 Å². The van der Waals surface area contributed by atoms with E-state index in [0.717, 1.165) is 4.88 Å². The zero-order valence-electron chi connectivity index (χ0n) is 12.3. The Morgan fingerprint density at radius 2 is 2.10 bits per heavy atom. The summed E-state index contributed by atoms with van der Waals surface area (Å²) in [5.41, 5.74) is 0.705. The van der Waals surface area contributed by atoms with Gasteiger partial charge in [-0.15, -0.1) is 16.1 Å². The molecule has 1 heterocycles. The van der Waals surface area contributed by atoms with Crippen molar-refractivity contribution >= 4 is 22.7 Å². The molecule has 20 heavy (non-hydrogen) atoms. The molecule has 0 radical (unpaired) electrons. The summed E-state index contributed by atoms with van der Waals surface area (Å²) in [6.07, 6.45) is 4.86. The maximum absolute atomic E-state index is 12.4. The number of rotatable bonds is 4. The summed E-state index contributed by atoms with van der Waals surface area (Å²) in [4.78, 5) is 1.14. The molecule has 0 aromatic carbocycles. The second kappa shape index (κ2) is 6.48. The largest absolute Gasteiger partial charge is 0.598 e. The number of nitrogens with one attached hydrogen (secondary N) is 1. The highest BCUT2D eigenvalue weighted by molar-refractivity contribution is 7.90. The Hall–Kier alpha value is -0.540. The smallest absolute Gasteiger partial charge is 0.136 e. The van der Waals surface area contributed by atoms with Crippen LogP contribution in [0.4, 0.5) is 0 Å². The Bertz CT molecular complexity index is 481. The third-order valence-corrected chi connectivity index (χ3v) is 6.31. The van der Waals surface area contributed by atoms with E-state index in [4.69, 9.17) is 5.26 Å². The van der Waals surface area contributed by atoms with Gasteiger partial charge >= 0.3 is 0 Å². The number of nitriles is 1. The Kier molecular flexibility index (Phi) is 5.14. The first kappa shape index (κ1) is 15.8. The molecule has 110 valence electrons. The zero-order chi connectivity index (χ0) is 14.8. The third-order valence-electron chi connectivity index (χ3n) is 3.72. The minimum absolute atomic E-state index is 0.115. The fraction of sp³-hybridized carbons (Fsp3) is 0.667. The van der Waals surface area contributed by atoms with Crippen molar-refractivity contribution in [1.29, 1.82) is 5.26 Å². The van der Waals surface area contributed by atoms with Gasteiger partial charge < -0.3 is 4.55 Å². The molecule has 0 unspecified atom stereocenters. The van der Waals surface area contributed by atoms with Crippen LogP contribution >= 0.6 is 11.3 Å². The van der Waals surface area contributed by atoms with Crippen molar-refractivity contribution in [2.24, 2.45) is 5.92 Å². The molecule has 1 aliphatic rings. The van der Waals surface area contributed by atoms with Crippen LogP contribution in [0.2, 0.25) is 0 Å². The van der Waals surface area contributed by atoms with Gasteiger partial charge in [-0.1, -0.05) is 12.8 Å². The molecule has 1 fully saturated rings. The normalized spacial score (nSPS) is 19.8. The fourth-order valence-corrected chi connectivity index (χ4v) is 4.50. The Labute approximate surface area is 128 Å². The van der Waals surface area contributed by atoms with Gasteiger partial charge in [-0.2, -0.15) is 5.26 Å². The van der Waals surface area contributed by atoms with Crippen LogP contribution in [0, 0.1) is 17.2 Å². The lowest BCUT2D eigenvalue weighted by molar-refractivity contribution is 0.410. The highest BCUT2D eigenvalue weighted by atomic mass is 32.2. The summed E-state index contributed by atoms with van der Waals surface area (Å²) < 4.78 is 15.5. The van der Waals surface area contributed by atoms with Crippen LogP contribution in [0.5, 0.6) is 0 Å². The van der Waals surface area contributed by atoms with Crippen LogP contribution in [0.1, 0.15) is 62.9 Å². The lowest BCUT2D eigenvalue weighted by Gasteiger charge is -2.30. The molecule has 1 saturated carbocycles. The van der Waals surface area contributed by atoms with E-state index in [2.05, 4.69) is 10.8 Å². The number of nitrogens with zero attached hydrogens (tertiary/aromatic N) is 1. The highest BCUT2D eigenvalue weighted by Gasteiger charge is 2.35. The second-order valence-electron chi connectivity index (χ2n) is 6.37. The molecule has 1 aromatic heterocycles. The van der Waals surface area contributed by atoms with E-state index >= 15 is 0 Å². The van der Waals surface area contributed by atoms with Crippen LogP contribution in [0.3, 0.4) is 0 Å². The van der Waals surface area contributed by atoms with E-state index in [0.29, 0.717) is 11.5 Å². The summed E-state index contributed by atoms with van der Waals surface area (Å²) in [7, 11) is 0. The van der Waals surface area contributed by atoms with Gasteiger partial charge in [0.05, 0.1) is 11.6 Å². The van der Waals surface area contributed by atoms with Crippen molar-refractivity contribution in [2.75, 3.05) is 0 Å². The van der Waals surface area contributed by atoms with Gasteiger partial charge in [0.25, 0.3) is 0 Å². The van der Waals surface area contributed by atoms with E-state index in [9.17, 15) is 4.55 Å². The number of hydrogen-bond acceptors (Lipinski definition) is 4. The van der Waals surface area contributed by atoms with Crippen molar-refractivity contribution < 1.29 is 4.55 Å². The minimum atomic E-state index is -1.08. The maximum Gasteiger partial charge on any atom is 0.136 e. The van der Waals surface area contributed by atoms with Gasteiger partial charge in [0.15, 0.2) is 0 Å². The van der Waals surface area contributed by atoms with Gasteiger partial charge in [0.2, 0.25) is 0 Å². The molecule has 0 bridgehead atoms. The van der Waals surface area contributed by atoms with Crippen molar-refractivity contribution in [2.45, 2.75) is 57.2 Å². The van der Waals surface area contributed by atoms with Crippen LogP contribution in [-0.2, 0) is 11.4 Å². The minimum Gasteiger partial charge on any atom is -0.598 e. The standard InChI is InChI=1S/C15H22N2OS2/c1-15(2,3)20(18)17-14(12-6-4-5-7-12)13-8-11(9-16)10-19-13/h8,10,12,14,17H,4-7H2,1-3H3/t14-,20+/m1/s1. The van der Waals surface area contributed by atoms with E-state index in [-0.39, 0.29) is 10.8 Å². The number of thiophene rings is 1. The summed E-state index contributed by atoms with van der Waals surface area (Å²) in [5, 5.41) is 10.9. The predicted octanol–water partition coefficient (Wildman–Crippen LogP) is 3.90. The summed E-state index contributed by atoms with van der Waals surface area (Å²) in [5.74, 6) is 0.534. The molecule has 3 nitrogen and oxygen atoms in total. The topological polar surface area (TPSA) is 58.9 Å². The number of hydrogen-bond donors (Lipinski definition) is 1. The van der Waals surface area contributed by atoms with Gasteiger partial charge in [0, 0.05) is 21.6 Å². The predicted molar refractivity (Wildman–Crippen MR) is 84.8 cm³/mol. The first-order chi connectivity index (χ1) is 9.41. The summed E-state index contributed by atoms with van der Waals surface area (Å²) >= 11 is 0.519. The van der Waals surface area contributed by atoms with E-state index in [1.165, 1.54) is 25.7 Å². The van der Waals surface area contributed by atoms with Crippen molar-refractivity contribution in [3.63, 3.8) is 0 Å². The molecule has 2 atom stereocenters. The van der Waals surface area contributed by atoms with Crippen LogP contribution < -0.4 is 4.72 Å². The average Bonchev–Trinajstić information content (AvgIpc) is 3.05. The Morgan fingerprint density at radius 1 is 1.45 bits per heavy atom. The quantitative estimate of drug-likeness (QED) is 0.858. The SMILES string of the molecule is CC(C)(C)[S@+]([O-])N[C@@H](c1cc(C#N)cs1)C1CCCC1. The molecule has 1 N–H and O–H groups in total. The maximum atomic E-state index is 12.4. The second-order valence-corrected chi connectivity index (χ2v) is 9.31. The highest BCUT2D eigenvalue weighted by Crippen LogP contribution is 2.39. The molecule has 2 rings (SSSR count). The molecule has 1 aliphatic carbocycles. The van der Waals surface area contributed by atoms with Gasteiger partial charge in [-0.25, -0.2) is 0 Å². The lowest BCUT2D eigenvalue weighted by Crippen LogP contribution is -2.42. The molecule has 0 aliphatic heterocycles. The first-order valence-corrected chi connectivity index (χ1v) is 9.11. The molecule has 0 amide bonds. The van der Waals surface area contributed by atoms with Gasteiger partial charge in [-0.3, -0.25) is 0 Å². The van der Waals surface area contributed by atoms with Crippen LogP contribution in [0.15, 0.2) is 11.4 Å². The molecule has 1 aromatic rings. The van der Waals surface area contributed by atoms with Gasteiger partial charge in [0.1, 0.15) is 10.8 Å². The van der Waals surface area contributed by atoms with Crippen molar-refractivity contribution in [1.82, 2.24) is 4.72 Å². The van der Waals surface area contributed by atoms with E-state index < -0.39 is 11.4 Å². The van der Waals surface area contributed by atoms with Crippen molar-refractivity contribution in [3.05, 3.63) is 21.9 Å². The molecular formula is C15H22N2OS2. The fourth-order valence-electron chi connectivity index (χ4n) is 2.54. The van der Waals surface area contributed by atoms with E-state index in [1.54, 1.807) is 11.3 Å². The molecule has 5 heteroatoms.